The van der Waals surface area contributed by atoms with E-state index in [0.717, 1.165) is 15.1 Å². The Balaban J connectivity index is 2.11. The molecule has 2 rings (SSSR count). The Morgan fingerprint density at radius 2 is 2.07 bits per heavy atom. The van der Waals surface area contributed by atoms with Crippen LogP contribution in [0, 0.1) is 3.57 Å². The molecule has 0 bridgehead atoms. The van der Waals surface area contributed by atoms with E-state index in [9.17, 15) is 0 Å². The molecule has 15 heavy (non-hydrogen) atoms. The zero-order valence-electron chi connectivity index (χ0n) is 9.00. The van der Waals surface area contributed by atoms with E-state index in [2.05, 4.69) is 22.6 Å². The van der Waals surface area contributed by atoms with E-state index < -0.39 is 0 Å². The van der Waals surface area contributed by atoms with Gasteiger partial charge in [-0.05, 0) is 61.4 Å². The zero-order chi connectivity index (χ0) is 10.8. The Labute approximate surface area is 104 Å². The molecule has 0 N–H and O–H groups in total. The van der Waals surface area contributed by atoms with Gasteiger partial charge < -0.3 is 9.47 Å². The van der Waals surface area contributed by atoms with Crippen molar-refractivity contribution in [3.8, 4) is 11.5 Å². The lowest BCUT2D eigenvalue weighted by Gasteiger charge is -2.13. The Morgan fingerprint density at radius 1 is 1.33 bits per heavy atom. The Bertz CT molecular complexity index is 345. The lowest BCUT2D eigenvalue weighted by atomic mass is 10.3. The summed E-state index contributed by atoms with van der Waals surface area (Å²) in [5, 5.41) is 0. The number of halogens is 1. The molecule has 0 unspecified atom stereocenters. The highest BCUT2D eigenvalue weighted by Gasteiger charge is 2.23. The molecular weight excluding hydrogens is 303 g/mol. The fourth-order valence-electron chi connectivity index (χ4n) is 1.28. The summed E-state index contributed by atoms with van der Waals surface area (Å²) in [4.78, 5) is 0. The molecule has 1 fully saturated rings. The van der Waals surface area contributed by atoms with E-state index in [4.69, 9.17) is 9.47 Å². The third kappa shape index (κ3) is 3.26. The van der Waals surface area contributed by atoms with Gasteiger partial charge in [0, 0.05) is 6.07 Å². The number of benzene rings is 1. The van der Waals surface area contributed by atoms with Gasteiger partial charge in [-0.1, -0.05) is 0 Å². The summed E-state index contributed by atoms with van der Waals surface area (Å²) in [5.74, 6) is 1.84. The van der Waals surface area contributed by atoms with Crippen LogP contribution in [0.25, 0.3) is 0 Å². The predicted molar refractivity (Wildman–Crippen MR) is 68.6 cm³/mol. The minimum atomic E-state index is 0.203. The minimum absolute atomic E-state index is 0.203. The highest BCUT2D eigenvalue weighted by molar-refractivity contribution is 14.1. The normalized spacial score (nSPS) is 15.5. The second-order valence-corrected chi connectivity index (χ2v) is 5.24. The maximum absolute atomic E-state index is 5.72. The first kappa shape index (κ1) is 11.0. The van der Waals surface area contributed by atoms with Crippen molar-refractivity contribution >= 4 is 22.6 Å². The second kappa shape index (κ2) is 4.60. The van der Waals surface area contributed by atoms with E-state index in [-0.39, 0.29) is 6.10 Å². The summed E-state index contributed by atoms with van der Waals surface area (Å²) in [7, 11) is 0. The maximum Gasteiger partial charge on any atom is 0.136 e. The van der Waals surface area contributed by atoms with Crippen molar-refractivity contribution in [1.82, 2.24) is 0 Å². The fraction of sp³-hybridized carbons (Fsp3) is 0.500. The third-order valence-electron chi connectivity index (χ3n) is 2.09. The Morgan fingerprint density at radius 3 is 2.67 bits per heavy atom. The minimum Gasteiger partial charge on any atom is -0.490 e. The van der Waals surface area contributed by atoms with E-state index in [0.29, 0.717) is 6.10 Å². The quantitative estimate of drug-likeness (QED) is 0.790. The van der Waals surface area contributed by atoms with Crippen LogP contribution in [0.3, 0.4) is 0 Å². The van der Waals surface area contributed by atoms with Gasteiger partial charge in [0.05, 0.1) is 15.8 Å². The van der Waals surface area contributed by atoms with Gasteiger partial charge in [-0.15, -0.1) is 0 Å². The number of hydrogen-bond donors (Lipinski definition) is 0. The van der Waals surface area contributed by atoms with Crippen LogP contribution < -0.4 is 9.47 Å². The molecule has 0 heterocycles. The summed E-state index contributed by atoms with van der Waals surface area (Å²) in [6.07, 6.45) is 3.02. The summed E-state index contributed by atoms with van der Waals surface area (Å²) in [5.41, 5.74) is 0. The van der Waals surface area contributed by atoms with Crippen LogP contribution in [-0.2, 0) is 0 Å². The van der Waals surface area contributed by atoms with Crippen LogP contribution in [0.15, 0.2) is 18.2 Å². The van der Waals surface area contributed by atoms with Gasteiger partial charge >= 0.3 is 0 Å². The lowest BCUT2D eigenvalue weighted by Crippen LogP contribution is -2.07. The standard InChI is InChI=1S/C12H15IO2/c1-8(2)14-12-7-10(5-6-11(12)13)15-9-3-4-9/h5-9H,3-4H2,1-2H3. The molecule has 1 saturated carbocycles. The van der Waals surface area contributed by atoms with Crippen molar-refractivity contribution in [3.63, 3.8) is 0 Å². The van der Waals surface area contributed by atoms with Crippen molar-refractivity contribution < 1.29 is 9.47 Å². The van der Waals surface area contributed by atoms with Crippen LogP contribution >= 0.6 is 22.6 Å². The molecule has 3 heteroatoms. The molecule has 82 valence electrons. The number of ether oxygens (including phenoxy) is 2. The van der Waals surface area contributed by atoms with Gasteiger partial charge in [0.2, 0.25) is 0 Å². The predicted octanol–water partition coefficient (Wildman–Crippen LogP) is 3.62. The summed E-state index contributed by atoms with van der Waals surface area (Å²) >= 11 is 2.28. The average molecular weight is 318 g/mol. The SMILES string of the molecule is CC(C)Oc1cc(OC2CC2)ccc1I. The molecule has 0 aromatic heterocycles. The van der Waals surface area contributed by atoms with E-state index in [1.165, 1.54) is 12.8 Å². The van der Waals surface area contributed by atoms with Gasteiger partial charge in [-0.25, -0.2) is 0 Å². The van der Waals surface area contributed by atoms with Crippen molar-refractivity contribution in [3.05, 3.63) is 21.8 Å². The molecule has 0 aliphatic heterocycles. The van der Waals surface area contributed by atoms with E-state index in [1.807, 2.05) is 32.0 Å². The average Bonchev–Trinajstić information content (AvgIpc) is 2.94. The number of rotatable bonds is 4. The van der Waals surface area contributed by atoms with Gasteiger partial charge in [0.25, 0.3) is 0 Å². The molecule has 0 atom stereocenters. The molecule has 1 aromatic rings. The highest BCUT2D eigenvalue weighted by Crippen LogP contribution is 2.31. The summed E-state index contributed by atoms with van der Waals surface area (Å²) in [6, 6.07) is 6.03. The van der Waals surface area contributed by atoms with E-state index in [1.54, 1.807) is 0 Å². The zero-order valence-corrected chi connectivity index (χ0v) is 11.2. The van der Waals surface area contributed by atoms with Crippen molar-refractivity contribution in [2.75, 3.05) is 0 Å². The fourth-order valence-corrected chi connectivity index (χ4v) is 1.74. The van der Waals surface area contributed by atoms with Crippen molar-refractivity contribution in [2.24, 2.45) is 0 Å². The monoisotopic (exact) mass is 318 g/mol. The van der Waals surface area contributed by atoms with Crippen molar-refractivity contribution in [1.29, 1.82) is 0 Å². The third-order valence-corrected chi connectivity index (χ3v) is 2.98. The first-order valence-electron chi connectivity index (χ1n) is 5.28. The van der Waals surface area contributed by atoms with E-state index >= 15 is 0 Å². The van der Waals surface area contributed by atoms with Crippen LogP contribution in [0.2, 0.25) is 0 Å². The molecular formula is C12H15IO2. The first-order chi connectivity index (χ1) is 7.15. The van der Waals surface area contributed by atoms with Gasteiger partial charge in [-0.3, -0.25) is 0 Å². The lowest BCUT2D eigenvalue weighted by molar-refractivity contribution is 0.237. The molecule has 1 aliphatic rings. The molecule has 1 aliphatic carbocycles. The topological polar surface area (TPSA) is 18.5 Å². The molecule has 0 amide bonds. The molecule has 2 nitrogen and oxygen atoms in total. The molecule has 0 spiro atoms. The van der Waals surface area contributed by atoms with Gasteiger partial charge in [0.15, 0.2) is 0 Å². The summed E-state index contributed by atoms with van der Waals surface area (Å²) < 4.78 is 12.5. The van der Waals surface area contributed by atoms with Crippen LogP contribution in [0.5, 0.6) is 11.5 Å². The largest absolute Gasteiger partial charge is 0.490 e. The Kier molecular flexibility index (Phi) is 3.38. The smallest absolute Gasteiger partial charge is 0.136 e. The number of hydrogen-bond acceptors (Lipinski definition) is 2. The Hall–Kier alpha value is -0.450. The molecule has 0 radical (unpaired) electrons. The van der Waals surface area contributed by atoms with Crippen LogP contribution in [0.4, 0.5) is 0 Å². The van der Waals surface area contributed by atoms with Crippen LogP contribution in [0.1, 0.15) is 26.7 Å². The first-order valence-corrected chi connectivity index (χ1v) is 6.36. The van der Waals surface area contributed by atoms with Crippen LogP contribution in [-0.4, -0.2) is 12.2 Å². The highest BCUT2D eigenvalue weighted by atomic mass is 127. The molecule has 0 saturated heterocycles. The van der Waals surface area contributed by atoms with Crippen molar-refractivity contribution in [2.45, 2.75) is 38.9 Å². The second-order valence-electron chi connectivity index (χ2n) is 4.08. The van der Waals surface area contributed by atoms with Gasteiger partial charge in [0.1, 0.15) is 11.5 Å². The van der Waals surface area contributed by atoms with Gasteiger partial charge in [-0.2, -0.15) is 0 Å². The summed E-state index contributed by atoms with van der Waals surface area (Å²) in [6.45, 7) is 4.06. The maximum atomic E-state index is 5.72. The molecule has 1 aromatic carbocycles.